The summed E-state index contributed by atoms with van der Waals surface area (Å²) in [5.74, 6) is 0.0477. The van der Waals surface area contributed by atoms with Crippen LogP contribution in [0.1, 0.15) is 43.0 Å². The van der Waals surface area contributed by atoms with Crippen LogP contribution in [0.4, 0.5) is 0 Å². The number of rotatable bonds is 5. The monoisotopic (exact) mass is 406 g/mol. The van der Waals surface area contributed by atoms with Gasteiger partial charge in [0.2, 0.25) is 5.91 Å². The van der Waals surface area contributed by atoms with Gasteiger partial charge in [0.1, 0.15) is 0 Å². The number of hydrogen-bond donors (Lipinski definition) is 3. The van der Waals surface area contributed by atoms with Gasteiger partial charge in [-0.1, -0.05) is 25.1 Å². The van der Waals surface area contributed by atoms with Gasteiger partial charge in [0.05, 0.1) is 11.0 Å². The lowest BCUT2D eigenvalue weighted by Gasteiger charge is -2.25. The number of H-pyrrole nitrogens is 2. The molecule has 30 heavy (non-hydrogen) atoms. The molecule has 156 valence electrons. The summed E-state index contributed by atoms with van der Waals surface area (Å²) < 4.78 is 0. The smallest absolute Gasteiger partial charge is 0.323 e. The highest BCUT2D eigenvalue weighted by Crippen LogP contribution is 2.26. The summed E-state index contributed by atoms with van der Waals surface area (Å²) in [6.07, 6.45) is 3.07. The van der Waals surface area contributed by atoms with E-state index in [2.05, 4.69) is 15.3 Å². The highest BCUT2D eigenvalue weighted by Gasteiger charge is 2.30. The van der Waals surface area contributed by atoms with E-state index in [-0.39, 0.29) is 29.6 Å². The maximum Gasteiger partial charge on any atom is 0.323 e. The first-order valence-corrected chi connectivity index (χ1v) is 10.3. The summed E-state index contributed by atoms with van der Waals surface area (Å²) in [5, 5.41) is 3.03. The van der Waals surface area contributed by atoms with Crippen LogP contribution in [-0.2, 0) is 4.79 Å². The Morgan fingerprint density at radius 2 is 1.73 bits per heavy atom. The van der Waals surface area contributed by atoms with Crippen molar-refractivity contribution < 1.29 is 9.59 Å². The summed E-state index contributed by atoms with van der Waals surface area (Å²) >= 11 is 0. The van der Waals surface area contributed by atoms with Crippen molar-refractivity contribution in [1.29, 1.82) is 0 Å². The molecular formula is C23H26N4O3. The van der Waals surface area contributed by atoms with E-state index in [0.29, 0.717) is 12.0 Å². The van der Waals surface area contributed by atoms with Crippen molar-refractivity contribution in [2.24, 2.45) is 0 Å². The van der Waals surface area contributed by atoms with Crippen molar-refractivity contribution in [1.82, 2.24) is 20.2 Å². The number of carbonyl (C=O) groups is 2. The van der Waals surface area contributed by atoms with Crippen LogP contribution in [0.3, 0.4) is 0 Å². The minimum Gasteiger partial charge on any atom is -0.353 e. The van der Waals surface area contributed by atoms with Crippen LogP contribution >= 0.6 is 0 Å². The highest BCUT2D eigenvalue weighted by atomic mass is 16.2. The van der Waals surface area contributed by atoms with Crippen LogP contribution in [0.15, 0.2) is 47.3 Å². The van der Waals surface area contributed by atoms with Gasteiger partial charge < -0.3 is 20.2 Å². The molecule has 0 bridgehead atoms. The molecule has 1 fully saturated rings. The Bertz CT molecular complexity index is 1130. The molecule has 0 unspecified atom stereocenters. The number of nitrogens with zero attached hydrogens (tertiary/aromatic N) is 1. The average Bonchev–Trinajstić information content (AvgIpc) is 3.37. The van der Waals surface area contributed by atoms with Gasteiger partial charge in [-0.3, -0.25) is 9.59 Å². The second kappa shape index (κ2) is 8.18. The summed E-state index contributed by atoms with van der Waals surface area (Å²) in [5.41, 5.74) is 3.87. The predicted octanol–water partition coefficient (Wildman–Crippen LogP) is 3.04. The van der Waals surface area contributed by atoms with E-state index in [4.69, 9.17) is 0 Å². The van der Waals surface area contributed by atoms with Crippen molar-refractivity contribution in [2.45, 2.75) is 44.7 Å². The fourth-order valence-electron chi connectivity index (χ4n) is 4.16. The van der Waals surface area contributed by atoms with Crippen LogP contribution < -0.4 is 11.0 Å². The first kappa shape index (κ1) is 19.9. The zero-order valence-electron chi connectivity index (χ0n) is 17.2. The van der Waals surface area contributed by atoms with Crippen molar-refractivity contribution >= 4 is 22.8 Å². The van der Waals surface area contributed by atoms with E-state index in [1.54, 1.807) is 4.90 Å². The Hall–Kier alpha value is -3.35. The molecule has 1 aliphatic rings. The number of amides is 2. The van der Waals surface area contributed by atoms with Gasteiger partial charge in [0.15, 0.2) is 0 Å². The summed E-state index contributed by atoms with van der Waals surface area (Å²) in [7, 11) is 1.83. The molecule has 2 amide bonds. The van der Waals surface area contributed by atoms with Gasteiger partial charge in [-0.05, 0) is 54.7 Å². The minimum absolute atomic E-state index is 0.0144. The van der Waals surface area contributed by atoms with Gasteiger partial charge in [-0.15, -0.1) is 0 Å². The topological polar surface area (TPSA) is 98.1 Å². The molecule has 7 heteroatoms. The molecule has 1 heterocycles. The SMILES string of the molecule is CCC(=O)N[C@H]1CC[C@@H](N(C)C(=O)c2ccc(-c3ccc4[nH]c(=O)[nH]c4c3)cc2)C1. The fourth-order valence-corrected chi connectivity index (χ4v) is 4.16. The molecule has 0 aliphatic heterocycles. The Morgan fingerprint density at radius 1 is 1.03 bits per heavy atom. The molecule has 4 rings (SSSR count). The zero-order valence-corrected chi connectivity index (χ0v) is 17.2. The Labute approximate surface area is 174 Å². The van der Waals surface area contributed by atoms with E-state index < -0.39 is 0 Å². The van der Waals surface area contributed by atoms with Gasteiger partial charge in [-0.2, -0.15) is 0 Å². The number of aromatic amines is 2. The molecule has 1 saturated carbocycles. The lowest BCUT2D eigenvalue weighted by Crippen LogP contribution is -2.38. The maximum atomic E-state index is 12.9. The summed E-state index contributed by atoms with van der Waals surface area (Å²) in [6.45, 7) is 1.84. The van der Waals surface area contributed by atoms with Crippen LogP contribution in [0.2, 0.25) is 0 Å². The largest absolute Gasteiger partial charge is 0.353 e. The average molecular weight is 406 g/mol. The third-order valence-corrected chi connectivity index (χ3v) is 5.94. The third-order valence-electron chi connectivity index (χ3n) is 5.94. The molecule has 0 radical (unpaired) electrons. The Morgan fingerprint density at radius 3 is 2.47 bits per heavy atom. The molecule has 0 spiro atoms. The Kier molecular flexibility index (Phi) is 5.44. The van der Waals surface area contributed by atoms with Crippen LogP contribution in [-0.4, -0.2) is 45.8 Å². The normalized spacial score (nSPS) is 18.5. The zero-order chi connectivity index (χ0) is 21.3. The fraction of sp³-hybridized carbons (Fsp3) is 0.348. The van der Waals surface area contributed by atoms with E-state index in [1.807, 2.05) is 56.4 Å². The molecule has 1 aliphatic carbocycles. The van der Waals surface area contributed by atoms with Crippen molar-refractivity contribution in [3.63, 3.8) is 0 Å². The molecule has 2 aromatic carbocycles. The molecule has 2 atom stereocenters. The minimum atomic E-state index is -0.227. The van der Waals surface area contributed by atoms with Crippen molar-refractivity contribution in [3.8, 4) is 11.1 Å². The number of fused-ring (bicyclic) bond motifs is 1. The summed E-state index contributed by atoms with van der Waals surface area (Å²) in [4.78, 5) is 43.3. The summed E-state index contributed by atoms with van der Waals surface area (Å²) in [6, 6.07) is 13.5. The molecule has 0 saturated heterocycles. The Balaban J connectivity index is 1.44. The standard InChI is InChI=1S/C23H26N4O3/c1-3-21(28)24-17-9-10-18(13-17)27(2)22(29)15-6-4-14(5-7-15)16-8-11-19-20(12-16)26-23(30)25-19/h4-8,11-12,17-18H,3,9-10,13H2,1-2H3,(H,24,28)(H2,25,26,30)/t17-,18+/m0/s1. The molecular weight excluding hydrogens is 380 g/mol. The van der Waals surface area contributed by atoms with Gasteiger partial charge in [0, 0.05) is 31.1 Å². The first-order valence-electron chi connectivity index (χ1n) is 10.3. The highest BCUT2D eigenvalue weighted by molar-refractivity contribution is 5.95. The van der Waals surface area contributed by atoms with E-state index in [9.17, 15) is 14.4 Å². The van der Waals surface area contributed by atoms with Gasteiger partial charge in [-0.25, -0.2) is 4.79 Å². The number of carbonyl (C=O) groups excluding carboxylic acids is 2. The van der Waals surface area contributed by atoms with Crippen LogP contribution in [0, 0.1) is 0 Å². The van der Waals surface area contributed by atoms with Gasteiger partial charge in [0.25, 0.3) is 5.91 Å². The lowest BCUT2D eigenvalue weighted by molar-refractivity contribution is -0.121. The van der Waals surface area contributed by atoms with Crippen LogP contribution in [0.5, 0.6) is 0 Å². The predicted molar refractivity (Wildman–Crippen MR) is 116 cm³/mol. The third kappa shape index (κ3) is 4.01. The van der Waals surface area contributed by atoms with Crippen molar-refractivity contribution in [2.75, 3.05) is 7.05 Å². The van der Waals surface area contributed by atoms with Crippen molar-refractivity contribution in [3.05, 3.63) is 58.5 Å². The van der Waals surface area contributed by atoms with E-state index >= 15 is 0 Å². The number of benzene rings is 2. The van der Waals surface area contributed by atoms with E-state index in [1.165, 1.54) is 0 Å². The molecule has 7 nitrogen and oxygen atoms in total. The maximum absolute atomic E-state index is 12.9. The second-order valence-corrected chi connectivity index (χ2v) is 7.92. The number of aromatic nitrogens is 2. The van der Waals surface area contributed by atoms with Crippen LogP contribution in [0.25, 0.3) is 22.2 Å². The number of nitrogens with one attached hydrogen (secondary N) is 3. The number of hydrogen-bond acceptors (Lipinski definition) is 3. The molecule has 3 aromatic rings. The number of imidazole rings is 1. The quantitative estimate of drug-likeness (QED) is 0.607. The molecule has 1 aromatic heterocycles. The molecule has 3 N–H and O–H groups in total. The first-order chi connectivity index (χ1) is 14.4. The second-order valence-electron chi connectivity index (χ2n) is 7.92. The van der Waals surface area contributed by atoms with Gasteiger partial charge >= 0.3 is 5.69 Å². The lowest BCUT2D eigenvalue weighted by atomic mass is 10.0. The van der Waals surface area contributed by atoms with E-state index in [0.717, 1.165) is 41.4 Å².